The molecule has 1 aromatic rings. The van der Waals surface area contributed by atoms with Crippen LogP contribution >= 0.6 is 12.2 Å². The first-order chi connectivity index (χ1) is 15.1. The second-order valence-corrected chi connectivity index (χ2v) is 9.07. The number of amides is 1. The quantitative estimate of drug-likeness (QED) is 0.643. The van der Waals surface area contributed by atoms with E-state index in [0.717, 1.165) is 29.6 Å². The number of nitrogens with one attached hydrogen (secondary N) is 1. The van der Waals surface area contributed by atoms with Crippen molar-refractivity contribution in [2.45, 2.75) is 43.8 Å². The molecule has 170 valence electrons. The minimum atomic E-state index is -4.45. The van der Waals surface area contributed by atoms with Gasteiger partial charge in [0.15, 0.2) is 17.3 Å². The topological polar surface area (TPSA) is 41.6 Å². The highest BCUT2D eigenvalue weighted by Crippen LogP contribution is 2.60. The molecule has 1 aliphatic heterocycles. The minimum absolute atomic E-state index is 0.0814. The van der Waals surface area contributed by atoms with Gasteiger partial charge in [0.2, 0.25) is 0 Å². The van der Waals surface area contributed by atoms with Gasteiger partial charge in [0.1, 0.15) is 5.75 Å². The Morgan fingerprint density at radius 2 is 1.84 bits per heavy atom. The van der Waals surface area contributed by atoms with Crippen LogP contribution in [0, 0.1) is 5.41 Å². The first kappa shape index (κ1) is 22.6. The van der Waals surface area contributed by atoms with E-state index in [-0.39, 0.29) is 11.7 Å². The standard InChI is InChI=1S/C24H25F3N2O2S/c1-4-15-8-10-22(11-9-16(15)5-2)13-17-6-7-18(31-14-23(25,26)27)12-19(17)24(22)20(30)29(3)21(32)28-24/h4-7,12H,1-2,8-11,13-14H2,3H3,(H,28,32). The van der Waals surface area contributed by atoms with E-state index < -0.39 is 23.7 Å². The predicted molar refractivity (Wildman–Crippen MR) is 120 cm³/mol. The van der Waals surface area contributed by atoms with E-state index >= 15 is 0 Å². The van der Waals surface area contributed by atoms with Crippen LogP contribution in [0.3, 0.4) is 0 Å². The van der Waals surface area contributed by atoms with Crippen molar-refractivity contribution >= 4 is 23.2 Å². The van der Waals surface area contributed by atoms with Crippen LogP contribution in [0.1, 0.15) is 36.8 Å². The van der Waals surface area contributed by atoms with Gasteiger partial charge < -0.3 is 10.1 Å². The zero-order valence-corrected chi connectivity index (χ0v) is 18.7. The van der Waals surface area contributed by atoms with Crippen LogP contribution in [-0.4, -0.2) is 35.8 Å². The van der Waals surface area contributed by atoms with Gasteiger partial charge in [-0.3, -0.25) is 9.69 Å². The number of allylic oxidation sites excluding steroid dienone is 4. The Bertz CT molecular complexity index is 1020. The molecule has 1 N–H and O–H groups in total. The molecule has 1 fully saturated rings. The number of hydrogen-bond donors (Lipinski definition) is 1. The third kappa shape index (κ3) is 3.36. The van der Waals surface area contributed by atoms with Crippen LogP contribution in [0.2, 0.25) is 0 Å². The first-order valence-corrected chi connectivity index (χ1v) is 10.9. The van der Waals surface area contributed by atoms with Crippen molar-refractivity contribution in [3.63, 3.8) is 0 Å². The number of rotatable bonds is 4. The minimum Gasteiger partial charge on any atom is -0.484 e. The molecule has 1 aromatic carbocycles. The average molecular weight is 463 g/mol. The number of fused-ring (bicyclic) bond motifs is 3. The molecule has 4 rings (SSSR count). The van der Waals surface area contributed by atoms with Crippen LogP contribution in [0.15, 0.2) is 54.7 Å². The summed E-state index contributed by atoms with van der Waals surface area (Å²) in [6.45, 7) is 6.48. The Morgan fingerprint density at radius 1 is 1.22 bits per heavy atom. The molecule has 0 saturated carbocycles. The predicted octanol–water partition coefficient (Wildman–Crippen LogP) is 4.95. The van der Waals surface area contributed by atoms with Gasteiger partial charge in [-0.25, -0.2) is 0 Å². The summed E-state index contributed by atoms with van der Waals surface area (Å²) < 4.78 is 43.1. The zero-order valence-electron chi connectivity index (χ0n) is 17.8. The Labute approximate surface area is 190 Å². The summed E-state index contributed by atoms with van der Waals surface area (Å²) in [5.74, 6) is -0.102. The fraction of sp³-hybridized carbons (Fsp3) is 0.417. The van der Waals surface area contributed by atoms with Crippen molar-refractivity contribution < 1.29 is 22.7 Å². The van der Waals surface area contributed by atoms with Gasteiger partial charge in [0.05, 0.1) is 0 Å². The SMILES string of the molecule is C=CC1=C(C=C)CCC2(CC1)Cc1ccc(OCC(F)(F)F)cc1C21NC(=S)N(C)C1=O. The third-order valence-corrected chi connectivity index (χ3v) is 7.46. The fourth-order valence-corrected chi connectivity index (χ4v) is 5.73. The van der Waals surface area contributed by atoms with Crippen molar-refractivity contribution in [2.75, 3.05) is 13.7 Å². The monoisotopic (exact) mass is 462 g/mol. The smallest absolute Gasteiger partial charge is 0.422 e. The maximum absolute atomic E-state index is 13.7. The van der Waals surface area contributed by atoms with Crippen molar-refractivity contribution in [1.82, 2.24) is 10.2 Å². The van der Waals surface area contributed by atoms with Crippen LogP contribution in [0.5, 0.6) is 5.75 Å². The number of thiocarbonyl (C=S) groups is 1. The lowest BCUT2D eigenvalue weighted by atomic mass is 9.64. The van der Waals surface area contributed by atoms with E-state index in [0.29, 0.717) is 29.9 Å². The molecular formula is C24H25F3N2O2S. The molecule has 1 atom stereocenters. The summed E-state index contributed by atoms with van der Waals surface area (Å²) in [4.78, 5) is 15.1. The second-order valence-electron chi connectivity index (χ2n) is 8.68. The molecule has 3 aliphatic rings. The molecule has 4 nitrogen and oxygen atoms in total. The summed E-state index contributed by atoms with van der Waals surface area (Å²) in [5.41, 5.74) is 2.15. The Hall–Kier alpha value is -2.61. The van der Waals surface area contributed by atoms with Crippen molar-refractivity contribution in [3.8, 4) is 5.75 Å². The number of carbonyl (C=O) groups excluding carboxylic acids is 1. The number of nitrogens with zero attached hydrogens (tertiary/aromatic N) is 1. The van der Waals surface area contributed by atoms with Gasteiger partial charge in [-0.2, -0.15) is 13.2 Å². The summed E-state index contributed by atoms with van der Waals surface area (Å²) in [7, 11) is 1.63. The van der Waals surface area contributed by atoms with Gasteiger partial charge in [-0.1, -0.05) is 31.4 Å². The van der Waals surface area contributed by atoms with Crippen LogP contribution in [-0.2, 0) is 16.8 Å². The number of likely N-dealkylation sites (N-methyl/N-ethyl adjacent to an activating group) is 1. The lowest BCUT2D eigenvalue weighted by Crippen LogP contribution is -2.55. The highest BCUT2D eigenvalue weighted by molar-refractivity contribution is 7.80. The summed E-state index contributed by atoms with van der Waals surface area (Å²) in [5, 5.41) is 3.61. The van der Waals surface area contributed by atoms with Gasteiger partial charge in [-0.15, -0.1) is 0 Å². The number of alkyl halides is 3. The van der Waals surface area contributed by atoms with E-state index in [9.17, 15) is 18.0 Å². The van der Waals surface area contributed by atoms with Gasteiger partial charge >= 0.3 is 6.18 Å². The van der Waals surface area contributed by atoms with Gasteiger partial charge in [0.25, 0.3) is 5.91 Å². The van der Waals surface area contributed by atoms with E-state index in [1.807, 2.05) is 12.2 Å². The molecule has 1 amide bonds. The van der Waals surface area contributed by atoms with Crippen LogP contribution < -0.4 is 10.1 Å². The number of halogens is 3. The number of carbonyl (C=O) groups is 1. The van der Waals surface area contributed by atoms with Crippen molar-refractivity contribution in [3.05, 3.63) is 65.8 Å². The summed E-state index contributed by atoms with van der Waals surface area (Å²) in [6.07, 6.45) is 2.71. The maximum Gasteiger partial charge on any atom is 0.422 e. The maximum atomic E-state index is 13.7. The van der Waals surface area contributed by atoms with Gasteiger partial charge in [0, 0.05) is 12.5 Å². The molecule has 2 aliphatic carbocycles. The second kappa shape index (κ2) is 7.76. The van der Waals surface area contributed by atoms with Gasteiger partial charge in [-0.05, 0) is 78.7 Å². The van der Waals surface area contributed by atoms with E-state index in [1.165, 1.54) is 11.0 Å². The molecule has 1 heterocycles. The van der Waals surface area contributed by atoms with Crippen LogP contribution in [0.4, 0.5) is 13.2 Å². The molecule has 2 spiro atoms. The zero-order chi connectivity index (χ0) is 23.3. The summed E-state index contributed by atoms with van der Waals surface area (Å²) >= 11 is 5.44. The van der Waals surface area contributed by atoms with Crippen molar-refractivity contribution in [2.24, 2.45) is 5.41 Å². The molecule has 0 aromatic heterocycles. The number of benzene rings is 1. The third-order valence-electron chi connectivity index (χ3n) is 7.09. The fourth-order valence-electron chi connectivity index (χ4n) is 5.49. The largest absolute Gasteiger partial charge is 0.484 e. The Balaban J connectivity index is 1.81. The first-order valence-electron chi connectivity index (χ1n) is 10.5. The molecule has 0 bridgehead atoms. The Morgan fingerprint density at radius 3 is 2.34 bits per heavy atom. The molecular weight excluding hydrogens is 437 g/mol. The number of ether oxygens (including phenoxy) is 1. The average Bonchev–Trinajstić information content (AvgIpc) is 3.04. The Kier molecular flexibility index (Phi) is 5.48. The normalized spacial score (nSPS) is 24.6. The molecule has 8 heteroatoms. The van der Waals surface area contributed by atoms with Crippen LogP contribution in [0.25, 0.3) is 0 Å². The summed E-state index contributed by atoms with van der Waals surface area (Å²) in [6, 6.07) is 4.89. The molecule has 1 saturated heterocycles. The highest BCUT2D eigenvalue weighted by atomic mass is 32.1. The highest BCUT2D eigenvalue weighted by Gasteiger charge is 2.66. The van der Waals surface area contributed by atoms with E-state index in [2.05, 4.69) is 18.5 Å². The lowest BCUT2D eigenvalue weighted by Gasteiger charge is -2.42. The van der Waals surface area contributed by atoms with E-state index in [1.54, 1.807) is 19.2 Å². The lowest BCUT2D eigenvalue weighted by molar-refractivity contribution is -0.153. The van der Waals surface area contributed by atoms with Crippen molar-refractivity contribution in [1.29, 1.82) is 0 Å². The molecule has 32 heavy (non-hydrogen) atoms. The number of hydrogen-bond acceptors (Lipinski definition) is 3. The molecule has 1 unspecified atom stereocenters. The van der Waals surface area contributed by atoms with E-state index in [4.69, 9.17) is 17.0 Å². The molecule has 0 radical (unpaired) electrons.